The Labute approximate surface area is 116 Å². The molecule has 0 aromatic carbocycles. The van der Waals surface area contributed by atoms with Crippen LogP contribution in [0.25, 0.3) is 0 Å². The number of aliphatic hydroxyl groups excluding tert-OH is 1. The number of nitrogens with zero attached hydrogens (tertiary/aromatic N) is 1. The van der Waals surface area contributed by atoms with Crippen molar-refractivity contribution in [3.05, 3.63) is 22.3 Å². The number of hydrogen-bond donors (Lipinski definition) is 2. The largest absolute Gasteiger partial charge is 0.394 e. The molecule has 5 nitrogen and oxygen atoms in total. The van der Waals surface area contributed by atoms with E-state index in [1.807, 2.05) is 6.92 Å². The molecule has 7 heteroatoms. The van der Waals surface area contributed by atoms with Gasteiger partial charge >= 0.3 is 0 Å². The van der Waals surface area contributed by atoms with Gasteiger partial charge in [0.2, 0.25) is 0 Å². The van der Waals surface area contributed by atoms with E-state index < -0.39 is 9.84 Å². The maximum Gasteiger partial charge on any atom is 0.151 e. The molecule has 0 spiro atoms. The van der Waals surface area contributed by atoms with Gasteiger partial charge < -0.3 is 10.4 Å². The fraction of sp³-hybridized carbons (Fsp3) is 0.545. The summed E-state index contributed by atoms with van der Waals surface area (Å²) in [6.07, 6.45) is 1.95. The molecule has 1 aromatic heterocycles. The van der Waals surface area contributed by atoms with Crippen molar-refractivity contribution in [2.75, 3.05) is 18.2 Å². The monoisotopic (exact) mass is 336 g/mol. The summed E-state index contributed by atoms with van der Waals surface area (Å²) in [4.78, 5) is 4.20. The summed E-state index contributed by atoms with van der Waals surface area (Å²) in [5, 5.41) is 12.2. The molecule has 2 N–H and O–H groups in total. The van der Waals surface area contributed by atoms with Gasteiger partial charge in [-0.3, -0.25) is 0 Å². The van der Waals surface area contributed by atoms with Gasteiger partial charge in [0.1, 0.15) is 10.4 Å². The van der Waals surface area contributed by atoms with E-state index in [-0.39, 0.29) is 18.4 Å². The van der Waals surface area contributed by atoms with E-state index in [0.29, 0.717) is 16.0 Å². The molecule has 0 bridgehead atoms. The van der Waals surface area contributed by atoms with Crippen LogP contribution in [0.4, 0.5) is 5.82 Å². The van der Waals surface area contributed by atoms with E-state index in [9.17, 15) is 8.42 Å². The van der Waals surface area contributed by atoms with Crippen LogP contribution < -0.4 is 5.32 Å². The molecule has 0 saturated carbocycles. The van der Waals surface area contributed by atoms with E-state index in [0.717, 1.165) is 6.42 Å². The number of hydrogen-bond acceptors (Lipinski definition) is 5. The van der Waals surface area contributed by atoms with Crippen LogP contribution in [-0.4, -0.2) is 37.4 Å². The Morgan fingerprint density at radius 1 is 1.50 bits per heavy atom. The number of aliphatic hydroxyl groups is 1. The highest BCUT2D eigenvalue weighted by Crippen LogP contribution is 2.18. The molecule has 0 unspecified atom stereocenters. The van der Waals surface area contributed by atoms with Crippen molar-refractivity contribution >= 4 is 31.6 Å². The number of sulfone groups is 1. The molecular formula is C11H17BrN2O3S. The Bertz CT molecular complexity index is 501. The Balaban J connectivity index is 2.93. The summed E-state index contributed by atoms with van der Waals surface area (Å²) in [5.74, 6) is 0.530. The lowest BCUT2D eigenvalue weighted by molar-refractivity contribution is 0.271. The standard InChI is InChI=1S/C11H17BrN2O3S/c1-3-9(6-15)13-11-5-8(4-10(12)14-11)7-18(2,16)17/h4-5,9,15H,3,6-7H2,1-2H3,(H,13,14)/t9-/m0/s1. The molecule has 0 amide bonds. The second kappa shape index (κ2) is 6.49. The van der Waals surface area contributed by atoms with Gasteiger partial charge in [-0.2, -0.15) is 0 Å². The minimum absolute atomic E-state index is 0.00605. The Kier molecular flexibility index (Phi) is 5.55. The van der Waals surface area contributed by atoms with E-state index in [1.54, 1.807) is 12.1 Å². The van der Waals surface area contributed by atoms with Crippen LogP contribution in [0.3, 0.4) is 0 Å². The van der Waals surface area contributed by atoms with Crippen LogP contribution in [0.5, 0.6) is 0 Å². The first kappa shape index (κ1) is 15.4. The van der Waals surface area contributed by atoms with Crippen molar-refractivity contribution in [1.29, 1.82) is 0 Å². The van der Waals surface area contributed by atoms with E-state index >= 15 is 0 Å². The zero-order valence-corrected chi connectivity index (χ0v) is 12.8. The first-order valence-corrected chi connectivity index (χ1v) is 8.41. The highest BCUT2D eigenvalue weighted by molar-refractivity contribution is 9.10. The van der Waals surface area contributed by atoms with Crippen molar-refractivity contribution in [1.82, 2.24) is 4.98 Å². The lowest BCUT2D eigenvalue weighted by Gasteiger charge is -2.15. The first-order chi connectivity index (χ1) is 8.34. The summed E-state index contributed by atoms with van der Waals surface area (Å²) in [6.45, 7) is 1.95. The van der Waals surface area contributed by atoms with Crippen LogP contribution in [0.2, 0.25) is 0 Å². The third-order valence-corrected chi connectivity index (χ3v) is 3.61. The summed E-state index contributed by atoms with van der Waals surface area (Å²) < 4.78 is 23.1. The van der Waals surface area contributed by atoms with Crippen LogP contribution in [0.15, 0.2) is 16.7 Å². The van der Waals surface area contributed by atoms with Crippen LogP contribution in [0, 0.1) is 0 Å². The van der Waals surface area contributed by atoms with Crippen molar-refractivity contribution in [2.24, 2.45) is 0 Å². The Morgan fingerprint density at radius 3 is 2.67 bits per heavy atom. The third-order valence-electron chi connectivity index (χ3n) is 2.35. The van der Waals surface area contributed by atoms with Gasteiger partial charge in [-0.15, -0.1) is 0 Å². The summed E-state index contributed by atoms with van der Waals surface area (Å²) >= 11 is 3.25. The molecule has 1 aromatic rings. The predicted octanol–water partition coefficient (Wildman–Crippen LogP) is 1.57. The van der Waals surface area contributed by atoms with Gasteiger partial charge in [-0.1, -0.05) is 6.92 Å². The molecular weight excluding hydrogens is 320 g/mol. The maximum atomic E-state index is 11.3. The van der Waals surface area contributed by atoms with Crippen molar-refractivity contribution in [3.63, 3.8) is 0 Å². The molecule has 0 radical (unpaired) electrons. The number of rotatable bonds is 6. The van der Waals surface area contributed by atoms with Gasteiger partial charge in [0.05, 0.1) is 18.4 Å². The lowest BCUT2D eigenvalue weighted by atomic mass is 10.2. The fourth-order valence-electron chi connectivity index (χ4n) is 1.50. The smallest absolute Gasteiger partial charge is 0.151 e. The van der Waals surface area contributed by atoms with Gasteiger partial charge in [0.15, 0.2) is 9.84 Å². The normalized spacial score (nSPS) is 13.3. The lowest BCUT2D eigenvalue weighted by Crippen LogP contribution is -2.23. The fourth-order valence-corrected chi connectivity index (χ4v) is 2.75. The van der Waals surface area contributed by atoms with Crippen molar-refractivity contribution < 1.29 is 13.5 Å². The number of aromatic nitrogens is 1. The van der Waals surface area contributed by atoms with Gasteiger partial charge in [-0.05, 0) is 40.0 Å². The second-order valence-electron chi connectivity index (χ2n) is 4.19. The molecule has 102 valence electrons. The minimum atomic E-state index is -3.08. The summed E-state index contributed by atoms with van der Waals surface area (Å²) in [5.41, 5.74) is 0.662. The molecule has 0 aliphatic carbocycles. The zero-order chi connectivity index (χ0) is 13.8. The van der Waals surface area contributed by atoms with E-state index in [1.165, 1.54) is 6.26 Å². The molecule has 18 heavy (non-hydrogen) atoms. The van der Waals surface area contributed by atoms with Crippen LogP contribution in [0.1, 0.15) is 18.9 Å². The molecule has 0 fully saturated rings. The minimum Gasteiger partial charge on any atom is -0.394 e. The number of nitrogens with one attached hydrogen (secondary N) is 1. The van der Waals surface area contributed by atoms with E-state index in [2.05, 4.69) is 26.2 Å². The average Bonchev–Trinajstić information content (AvgIpc) is 2.22. The Morgan fingerprint density at radius 2 is 2.17 bits per heavy atom. The first-order valence-electron chi connectivity index (χ1n) is 5.55. The highest BCUT2D eigenvalue weighted by atomic mass is 79.9. The number of halogens is 1. The maximum absolute atomic E-state index is 11.3. The SMILES string of the molecule is CC[C@@H](CO)Nc1cc(CS(C)(=O)=O)cc(Br)n1. The summed E-state index contributed by atoms with van der Waals surface area (Å²) in [6, 6.07) is 3.27. The van der Waals surface area contributed by atoms with Crippen LogP contribution in [-0.2, 0) is 15.6 Å². The predicted molar refractivity (Wildman–Crippen MR) is 75.3 cm³/mol. The topological polar surface area (TPSA) is 79.3 Å². The zero-order valence-electron chi connectivity index (χ0n) is 10.4. The van der Waals surface area contributed by atoms with Crippen molar-refractivity contribution in [2.45, 2.75) is 25.1 Å². The number of anilines is 1. The van der Waals surface area contributed by atoms with Crippen LogP contribution >= 0.6 is 15.9 Å². The Hall–Kier alpha value is -0.660. The third kappa shape index (κ3) is 5.32. The second-order valence-corrected chi connectivity index (χ2v) is 7.14. The quantitative estimate of drug-likeness (QED) is 0.771. The number of pyridine rings is 1. The average molecular weight is 337 g/mol. The molecule has 1 rings (SSSR count). The summed E-state index contributed by atoms with van der Waals surface area (Å²) in [7, 11) is -3.08. The molecule has 0 aliphatic rings. The van der Waals surface area contributed by atoms with E-state index in [4.69, 9.17) is 5.11 Å². The molecule has 1 heterocycles. The highest BCUT2D eigenvalue weighted by Gasteiger charge is 2.10. The van der Waals surface area contributed by atoms with Gasteiger partial charge in [-0.25, -0.2) is 13.4 Å². The van der Waals surface area contributed by atoms with Crippen molar-refractivity contribution in [3.8, 4) is 0 Å². The van der Waals surface area contributed by atoms with Gasteiger partial charge in [0.25, 0.3) is 0 Å². The molecule has 1 atom stereocenters. The molecule has 0 saturated heterocycles. The van der Waals surface area contributed by atoms with Gasteiger partial charge in [0, 0.05) is 6.26 Å². The molecule has 0 aliphatic heterocycles.